The van der Waals surface area contributed by atoms with E-state index in [0.29, 0.717) is 0 Å². The lowest BCUT2D eigenvalue weighted by molar-refractivity contribution is 0.660. The first kappa shape index (κ1) is 35.5. The van der Waals surface area contributed by atoms with Gasteiger partial charge in [-0.1, -0.05) is 204 Å². The van der Waals surface area contributed by atoms with E-state index in [4.69, 9.17) is 0 Å². The Bertz CT molecular complexity index is 3680. The normalized spacial score (nSPS) is 14.4. The molecule has 0 radical (unpaired) electrons. The quantitative estimate of drug-likeness (QED) is 0.124. The van der Waals surface area contributed by atoms with Gasteiger partial charge in [-0.3, -0.25) is 0 Å². The minimum atomic E-state index is -0.185. The molecule has 0 aromatic heterocycles. The van der Waals surface area contributed by atoms with E-state index in [9.17, 15) is 0 Å². The van der Waals surface area contributed by atoms with Crippen molar-refractivity contribution in [3.63, 3.8) is 0 Å². The Balaban J connectivity index is 0.939. The number of benzene rings is 11. The Morgan fingerprint density at radius 2 is 0.661 bits per heavy atom. The zero-order chi connectivity index (χ0) is 41.5. The number of hydrogen-bond donors (Lipinski definition) is 0. The predicted molar refractivity (Wildman–Crippen MR) is 265 cm³/mol. The van der Waals surface area contributed by atoms with Gasteiger partial charge >= 0.3 is 0 Å². The van der Waals surface area contributed by atoms with Crippen molar-refractivity contribution >= 4 is 53.9 Å². The van der Waals surface area contributed by atoms with Gasteiger partial charge in [0.05, 0.1) is 0 Å². The fourth-order valence-corrected chi connectivity index (χ4v) is 11.9. The van der Waals surface area contributed by atoms with Crippen molar-refractivity contribution in [2.75, 3.05) is 0 Å². The second kappa shape index (κ2) is 12.6. The first-order chi connectivity index (χ1) is 30.3. The highest BCUT2D eigenvalue weighted by molar-refractivity contribution is 6.24. The van der Waals surface area contributed by atoms with Gasteiger partial charge in [-0.2, -0.15) is 0 Å². The van der Waals surface area contributed by atoms with Crippen molar-refractivity contribution in [3.05, 3.63) is 216 Å². The molecule has 0 fully saturated rings. The van der Waals surface area contributed by atoms with Crippen LogP contribution in [-0.2, 0) is 10.8 Å². The van der Waals surface area contributed by atoms with Gasteiger partial charge in [-0.15, -0.1) is 0 Å². The van der Waals surface area contributed by atoms with Crippen molar-refractivity contribution in [3.8, 4) is 55.6 Å². The third-order valence-corrected chi connectivity index (χ3v) is 14.8. The number of rotatable bonds is 3. The summed E-state index contributed by atoms with van der Waals surface area (Å²) in [6.45, 7) is 9.69. The lowest BCUT2D eigenvalue weighted by atomic mass is 9.78. The summed E-state index contributed by atoms with van der Waals surface area (Å²) in [6.07, 6.45) is 0. The summed E-state index contributed by atoms with van der Waals surface area (Å²) < 4.78 is 0. The first-order valence-electron chi connectivity index (χ1n) is 22.1. The minimum absolute atomic E-state index is 0.144. The highest BCUT2D eigenvalue weighted by Crippen LogP contribution is 2.56. The third-order valence-electron chi connectivity index (χ3n) is 14.8. The fourth-order valence-electron chi connectivity index (χ4n) is 11.9. The van der Waals surface area contributed by atoms with Gasteiger partial charge in [0, 0.05) is 10.8 Å². The monoisotopic (exact) mass is 788 g/mol. The Labute approximate surface area is 362 Å². The molecule has 0 N–H and O–H groups in total. The molecule has 0 saturated heterocycles. The van der Waals surface area contributed by atoms with Crippen molar-refractivity contribution in [2.24, 2.45) is 0 Å². The molecule has 0 spiro atoms. The molecule has 0 aliphatic heterocycles. The first-order valence-corrected chi connectivity index (χ1v) is 22.1. The average Bonchev–Trinajstić information content (AvgIpc) is 3.69. The maximum Gasteiger partial charge on any atom is 0.0165 e. The topological polar surface area (TPSA) is 0 Å². The molecule has 13 rings (SSSR count). The summed E-state index contributed by atoms with van der Waals surface area (Å²) >= 11 is 0. The fraction of sp³-hybridized carbons (Fsp3) is 0.0968. The molecule has 2 aliphatic rings. The molecule has 0 atom stereocenters. The Hall–Kier alpha value is -7.28. The zero-order valence-electron chi connectivity index (χ0n) is 35.5. The van der Waals surface area contributed by atoms with E-state index in [1.807, 2.05) is 0 Å². The van der Waals surface area contributed by atoms with E-state index in [0.717, 1.165) is 0 Å². The van der Waals surface area contributed by atoms with E-state index in [-0.39, 0.29) is 10.8 Å². The molecule has 0 saturated carbocycles. The summed E-state index contributed by atoms with van der Waals surface area (Å²) in [6, 6.07) is 73.3. The third kappa shape index (κ3) is 4.73. The molecular weight excluding hydrogens is 745 g/mol. The maximum absolute atomic E-state index is 2.50. The summed E-state index contributed by atoms with van der Waals surface area (Å²) in [5, 5.41) is 13.1. The molecule has 0 heteroatoms. The van der Waals surface area contributed by atoms with Crippen LogP contribution in [0.2, 0.25) is 0 Å². The maximum atomic E-state index is 2.50. The van der Waals surface area contributed by atoms with Crippen molar-refractivity contribution in [2.45, 2.75) is 38.5 Å². The Morgan fingerprint density at radius 3 is 1.26 bits per heavy atom. The molecule has 0 nitrogen and oxygen atoms in total. The molecule has 0 bridgehead atoms. The predicted octanol–water partition coefficient (Wildman–Crippen LogP) is 17.1. The molecule has 11 aromatic carbocycles. The van der Waals surface area contributed by atoms with Crippen LogP contribution >= 0.6 is 0 Å². The summed E-state index contributed by atoms with van der Waals surface area (Å²) in [7, 11) is 0. The van der Waals surface area contributed by atoms with E-state index in [1.165, 1.54) is 132 Å². The van der Waals surface area contributed by atoms with Crippen LogP contribution in [0.5, 0.6) is 0 Å². The molecule has 292 valence electrons. The van der Waals surface area contributed by atoms with E-state index >= 15 is 0 Å². The highest BCUT2D eigenvalue weighted by atomic mass is 14.4. The van der Waals surface area contributed by atoms with Gasteiger partial charge in [0.25, 0.3) is 0 Å². The van der Waals surface area contributed by atoms with E-state index < -0.39 is 0 Å². The van der Waals surface area contributed by atoms with Crippen molar-refractivity contribution < 1.29 is 0 Å². The summed E-state index contributed by atoms with van der Waals surface area (Å²) in [5.41, 5.74) is 18.4. The van der Waals surface area contributed by atoms with Crippen LogP contribution in [0.25, 0.3) is 109 Å². The molecule has 11 aromatic rings. The lowest BCUT2D eigenvalue weighted by Crippen LogP contribution is -2.16. The number of hydrogen-bond acceptors (Lipinski definition) is 0. The highest BCUT2D eigenvalue weighted by Gasteiger charge is 2.40. The Morgan fingerprint density at radius 1 is 0.258 bits per heavy atom. The molecule has 62 heavy (non-hydrogen) atoms. The van der Waals surface area contributed by atoms with Gasteiger partial charge in [0.15, 0.2) is 0 Å². The van der Waals surface area contributed by atoms with Crippen LogP contribution in [0.15, 0.2) is 194 Å². The standard InChI is InChI=1S/C62H44/c1-61(2)54-34-38(39-29-33-53-56(35-39)62(3,4)60-52-26-14-8-20-43(52)42-19-7-9-21-47(42)59(53)60)28-31-44(54)45-32-30-40(36-55(45)61)57-48-22-10-12-24-50(48)58(51-25-13-11-23-49(51)57)46-27-15-17-37-16-5-6-18-41(37)46/h5-36H,1-4H3. The van der Waals surface area contributed by atoms with Crippen molar-refractivity contribution in [1.82, 2.24) is 0 Å². The van der Waals surface area contributed by atoms with Gasteiger partial charge in [-0.25, -0.2) is 0 Å². The summed E-state index contributed by atoms with van der Waals surface area (Å²) in [4.78, 5) is 0. The average molecular weight is 789 g/mol. The molecule has 0 heterocycles. The van der Waals surface area contributed by atoms with Crippen LogP contribution in [0, 0.1) is 0 Å². The van der Waals surface area contributed by atoms with Gasteiger partial charge < -0.3 is 0 Å². The lowest BCUT2D eigenvalue weighted by Gasteiger charge is -2.25. The smallest absolute Gasteiger partial charge is 0.0165 e. The van der Waals surface area contributed by atoms with Crippen LogP contribution in [0.3, 0.4) is 0 Å². The van der Waals surface area contributed by atoms with E-state index in [2.05, 4.69) is 222 Å². The van der Waals surface area contributed by atoms with Crippen molar-refractivity contribution in [1.29, 1.82) is 0 Å². The second-order valence-corrected chi connectivity index (χ2v) is 18.7. The van der Waals surface area contributed by atoms with E-state index in [1.54, 1.807) is 0 Å². The molecular formula is C62H44. The molecule has 0 amide bonds. The summed E-state index contributed by atoms with van der Waals surface area (Å²) in [5.74, 6) is 0. The Kier molecular flexibility index (Phi) is 7.23. The van der Waals surface area contributed by atoms with Gasteiger partial charge in [0.2, 0.25) is 0 Å². The second-order valence-electron chi connectivity index (χ2n) is 18.7. The van der Waals surface area contributed by atoms with Crippen LogP contribution in [-0.4, -0.2) is 0 Å². The molecule has 2 aliphatic carbocycles. The largest absolute Gasteiger partial charge is 0.0616 e. The SMILES string of the molecule is CC1(C)c2cc(-c3ccc4c(c3)C(C)(C)c3c-4c4ccccc4c4ccccc34)ccc2-c2ccc(-c3c4ccccc4c(-c4cccc5ccccc45)c4ccccc34)cc21. The minimum Gasteiger partial charge on any atom is -0.0616 e. The van der Waals surface area contributed by atoms with Gasteiger partial charge in [-0.05, 0) is 150 Å². The van der Waals surface area contributed by atoms with Crippen LogP contribution < -0.4 is 0 Å². The van der Waals surface area contributed by atoms with Crippen LogP contribution in [0.1, 0.15) is 49.9 Å². The van der Waals surface area contributed by atoms with Gasteiger partial charge in [0.1, 0.15) is 0 Å². The molecule has 0 unspecified atom stereocenters. The zero-order valence-corrected chi connectivity index (χ0v) is 35.5. The van der Waals surface area contributed by atoms with Crippen LogP contribution in [0.4, 0.5) is 0 Å². The number of fused-ring (bicyclic) bond motifs is 14.